The third-order valence-electron chi connectivity index (χ3n) is 1.98. The largest absolute Gasteiger partial charge is 0.462 e. The number of pyridine rings is 1. The molecule has 0 saturated heterocycles. The van der Waals surface area contributed by atoms with Crippen LogP contribution in [-0.2, 0) is 4.74 Å². The number of nitrogen functional groups attached to an aromatic ring is 1. The number of halogens is 2. The standard InChI is InChI=1S/C9H9F2N3O4/c1-2-18-9(15)4-3-5(14(16)17)13-8(12)6(4)7(10)11/h3,7H,2H2,1H3,(H2,12,13). The number of nitrogens with two attached hydrogens (primary N) is 1. The summed E-state index contributed by atoms with van der Waals surface area (Å²) in [7, 11) is 0. The molecule has 0 aliphatic carbocycles. The topological polar surface area (TPSA) is 108 Å². The van der Waals surface area contributed by atoms with Gasteiger partial charge in [-0.05, 0) is 16.8 Å². The van der Waals surface area contributed by atoms with Crippen LogP contribution in [0.15, 0.2) is 6.07 Å². The number of rotatable bonds is 4. The minimum absolute atomic E-state index is 0.0580. The Bertz CT molecular complexity index is 493. The molecule has 0 saturated carbocycles. The van der Waals surface area contributed by atoms with Crippen LogP contribution in [0.25, 0.3) is 0 Å². The lowest BCUT2D eigenvalue weighted by atomic mass is 10.1. The van der Waals surface area contributed by atoms with Gasteiger partial charge in [-0.3, -0.25) is 0 Å². The van der Waals surface area contributed by atoms with E-state index in [1.807, 2.05) is 0 Å². The lowest BCUT2D eigenvalue weighted by molar-refractivity contribution is -0.389. The van der Waals surface area contributed by atoms with E-state index in [9.17, 15) is 23.7 Å². The lowest BCUT2D eigenvalue weighted by Gasteiger charge is -2.08. The fraction of sp³-hybridized carbons (Fsp3) is 0.333. The molecule has 2 N–H and O–H groups in total. The third kappa shape index (κ3) is 2.67. The number of esters is 1. The molecule has 9 heteroatoms. The van der Waals surface area contributed by atoms with E-state index in [0.29, 0.717) is 6.07 Å². The van der Waals surface area contributed by atoms with Crippen molar-refractivity contribution in [1.82, 2.24) is 4.98 Å². The molecule has 1 rings (SSSR count). The first-order valence-electron chi connectivity index (χ1n) is 4.78. The van der Waals surface area contributed by atoms with Crippen molar-refractivity contribution in [3.63, 3.8) is 0 Å². The molecule has 0 aliphatic heterocycles. The maximum absolute atomic E-state index is 12.7. The highest BCUT2D eigenvalue weighted by molar-refractivity contribution is 5.93. The second-order valence-electron chi connectivity index (χ2n) is 3.11. The maximum atomic E-state index is 12.7. The van der Waals surface area contributed by atoms with Gasteiger partial charge in [-0.15, -0.1) is 0 Å². The molecule has 0 spiro atoms. The Labute approximate surface area is 99.7 Å². The molecule has 0 unspecified atom stereocenters. The molecular formula is C9H9F2N3O4. The quantitative estimate of drug-likeness (QED) is 0.501. The molecule has 7 nitrogen and oxygen atoms in total. The highest BCUT2D eigenvalue weighted by Gasteiger charge is 2.29. The van der Waals surface area contributed by atoms with Gasteiger partial charge in [0.25, 0.3) is 6.43 Å². The first kappa shape index (κ1) is 13.7. The van der Waals surface area contributed by atoms with E-state index in [2.05, 4.69) is 9.72 Å². The molecule has 0 fully saturated rings. The van der Waals surface area contributed by atoms with Crippen molar-refractivity contribution in [2.75, 3.05) is 12.3 Å². The molecule has 1 aromatic rings. The lowest BCUT2D eigenvalue weighted by Crippen LogP contribution is -2.13. The summed E-state index contributed by atoms with van der Waals surface area (Å²) < 4.78 is 30.0. The van der Waals surface area contributed by atoms with Crippen LogP contribution in [0.2, 0.25) is 0 Å². The summed E-state index contributed by atoms with van der Waals surface area (Å²) >= 11 is 0. The zero-order chi connectivity index (χ0) is 13.9. The highest BCUT2D eigenvalue weighted by atomic mass is 19.3. The predicted octanol–water partition coefficient (Wildman–Crippen LogP) is 1.69. The minimum Gasteiger partial charge on any atom is -0.462 e. The van der Waals surface area contributed by atoms with Gasteiger partial charge in [-0.1, -0.05) is 0 Å². The number of nitro groups is 1. The average molecular weight is 261 g/mol. The molecule has 18 heavy (non-hydrogen) atoms. The Hall–Kier alpha value is -2.32. The Balaban J connectivity index is 3.42. The van der Waals surface area contributed by atoms with Crippen molar-refractivity contribution >= 4 is 17.6 Å². The number of hydrogen-bond acceptors (Lipinski definition) is 6. The van der Waals surface area contributed by atoms with Gasteiger partial charge in [0.15, 0.2) is 0 Å². The van der Waals surface area contributed by atoms with E-state index in [0.717, 1.165) is 0 Å². The van der Waals surface area contributed by atoms with Crippen molar-refractivity contribution in [2.24, 2.45) is 0 Å². The van der Waals surface area contributed by atoms with E-state index in [4.69, 9.17) is 5.73 Å². The Morgan fingerprint density at radius 1 is 1.67 bits per heavy atom. The number of nitrogens with zero attached hydrogens (tertiary/aromatic N) is 2. The van der Waals surface area contributed by atoms with Gasteiger partial charge in [0, 0.05) is 0 Å². The number of alkyl halides is 2. The molecule has 0 bridgehead atoms. The fourth-order valence-corrected chi connectivity index (χ4v) is 1.26. The SMILES string of the molecule is CCOC(=O)c1cc([N+](=O)[O-])nc(N)c1C(F)F. The third-order valence-corrected chi connectivity index (χ3v) is 1.98. The second kappa shape index (κ2) is 5.34. The van der Waals surface area contributed by atoms with E-state index >= 15 is 0 Å². The zero-order valence-corrected chi connectivity index (χ0v) is 9.22. The van der Waals surface area contributed by atoms with E-state index < -0.39 is 40.1 Å². The van der Waals surface area contributed by atoms with Gasteiger partial charge in [-0.2, -0.15) is 0 Å². The molecule has 0 atom stereocenters. The Kier molecular flexibility index (Phi) is 4.08. The summed E-state index contributed by atoms with van der Waals surface area (Å²) in [5.74, 6) is -2.66. The first-order chi connectivity index (χ1) is 8.38. The number of aromatic nitrogens is 1. The van der Waals surface area contributed by atoms with Crippen LogP contribution >= 0.6 is 0 Å². The van der Waals surface area contributed by atoms with Crippen molar-refractivity contribution in [3.05, 3.63) is 27.3 Å². The molecule has 1 heterocycles. The summed E-state index contributed by atoms with van der Waals surface area (Å²) in [5, 5.41) is 10.5. The van der Waals surface area contributed by atoms with Crippen LogP contribution < -0.4 is 5.73 Å². The molecule has 0 amide bonds. The smallest absolute Gasteiger partial charge is 0.366 e. The highest BCUT2D eigenvalue weighted by Crippen LogP contribution is 2.30. The number of carbonyl (C=O) groups excluding carboxylic acids is 1. The Morgan fingerprint density at radius 2 is 2.28 bits per heavy atom. The van der Waals surface area contributed by atoms with Gasteiger partial charge in [0.05, 0.1) is 18.2 Å². The van der Waals surface area contributed by atoms with Crippen LogP contribution in [0, 0.1) is 10.1 Å². The van der Waals surface area contributed by atoms with E-state index in [1.54, 1.807) is 0 Å². The minimum atomic E-state index is -3.09. The van der Waals surface area contributed by atoms with Crippen LogP contribution in [-0.4, -0.2) is 22.5 Å². The van der Waals surface area contributed by atoms with E-state index in [-0.39, 0.29) is 6.61 Å². The van der Waals surface area contributed by atoms with Crippen LogP contribution in [0.1, 0.15) is 29.3 Å². The van der Waals surface area contributed by atoms with E-state index in [1.165, 1.54) is 6.92 Å². The van der Waals surface area contributed by atoms with Gasteiger partial charge in [0.1, 0.15) is 5.56 Å². The van der Waals surface area contributed by atoms with Crippen LogP contribution in [0.4, 0.5) is 20.4 Å². The number of anilines is 1. The zero-order valence-electron chi connectivity index (χ0n) is 9.22. The number of hydrogen-bond donors (Lipinski definition) is 1. The molecular weight excluding hydrogens is 252 g/mol. The summed E-state index contributed by atoms with van der Waals surface area (Å²) in [6.45, 7) is 1.41. The monoisotopic (exact) mass is 261 g/mol. The summed E-state index contributed by atoms with van der Waals surface area (Å²) in [5.41, 5.74) is 3.68. The molecule has 98 valence electrons. The summed E-state index contributed by atoms with van der Waals surface area (Å²) in [6, 6.07) is 0.621. The Morgan fingerprint density at radius 3 is 2.72 bits per heavy atom. The summed E-state index contributed by atoms with van der Waals surface area (Å²) in [6.07, 6.45) is -3.09. The van der Waals surface area contributed by atoms with Gasteiger partial charge in [0.2, 0.25) is 5.82 Å². The normalized spacial score (nSPS) is 10.4. The van der Waals surface area contributed by atoms with Crippen molar-refractivity contribution in [3.8, 4) is 0 Å². The first-order valence-corrected chi connectivity index (χ1v) is 4.78. The van der Waals surface area contributed by atoms with Gasteiger partial charge in [-0.25, -0.2) is 13.6 Å². The van der Waals surface area contributed by atoms with Crippen molar-refractivity contribution in [1.29, 1.82) is 0 Å². The molecule has 0 aliphatic rings. The number of carbonyl (C=O) groups is 1. The van der Waals surface area contributed by atoms with Crippen molar-refractivity contribution in [2.45, 2.75) is 13.3 Å². The summed E-state index contributed by atoms with van der Waals surface area (Å²) in [4.78, 5) is 24.2. The predicted molar refractivity (Wildman–Crippen MR) is 56.2 cm³/mol. The fourth-order valence-electron chi connectivity index (χ4n) is 1.26. The number of ether oxygens (including phenoxy) is 1. The van der Waals surface area contributed by atoms with Crippen LogP contribution in [0.5, 0.6) is 0 Å². The maximum Gasteiger partial charge on any atom is 0.366 e. The van der Waals surface area contributed by atoms with Gasteiger partial charge >= 0.3 is 11.8 Å². The molecule has 0 aromatic carbocycles. The van der Waals surface area contributed by atoms with Crippen molar-refractivity contribution < 1.29 is 23.2 Å². The second-order valence-corrected chi connectivity index (χ2v) is 3.11. The average Bonchev–Trinajstić information content (AvgIpc) is 2.27. The van der Waals surface area contributed by atoms with Crippen LogP contribution in [0.3, 0.4) is 0 Å². The molecule has 1 aromatic heterocycles. The molecule has 0 radical (unpaired) electrons. The van der Waals surface area contributed by atoms with Gasteiger partial charge < -0.3 is 20.6 Å².